The third-order valence-electron chi connectivity index (χ3n) is 3.45. The molecule has 6 heteroatoms. The zero-order chi connectivity index (χ0) is 16.3. The minimum Gasteiger partial charge on any atom is -0.332 e. The first-order valence-corrected chi connectivity index (χ1v) is 7.18. The summed E-state index contributed by atoms with van der Waals surface area (Å²) >= 11 is 5.26. The lowest BCUT2D eigenvalue weighted by Gasteiger charge is -2.14. The molecule has 0 saturated carbocycles. The Morgan fingerprint density at radius 2 is 1.77 bits per heavy atom. The van der Waals surface area contributed by atoms with E-state index in [1.165, 1.54) is 6.07 Å². The first-order chi connectivity index (χ1) is 10.4. The van der Waals surface area contributed by atoms with Crippen LogP contribution in [-0.2, 0) is 0 Å². The van der Waals surface area contributed by atoms with Gasteiger partial charge in [-0.15, -0.1) is 0 Å². The van der Waals surface area contributed by atoms with Crippen LogP contribution in [-0.4, -0.2) is 10.0 Å². The SMILES string of the molecule is Cc1ccc(NC(=S)Nc2cccc(C)c2C)c([N+](=O)[O-])c1. The molecule has 2 N–H and O–H groups in total. The Morgan fingerprint density at radius 3 is 2.45 bits per heavy atom. The maximum absolute atomic E-state index is 11.1. The number of nitro groups is 1. The fraction of sp³-hybridized carbons (Fsp3) is 0.188. The van der Waals surface area contributed by atoms with E-state index in [0.29, 0.717) is 10.8 Å². The number of thiocarbonyl (C=S) groups is 1. The van der Waals surface area contributed by atoms with Crippen LogP contribution in [0.15, 0.2) is 36.4 Å². The normalized spacial score (nSPS) is 10.1. The molecule has 0 aromatic heterocycles. The van der Waals surface area contributed by atoms with Crippen molar-refractivity contribution in [1.29, 1.82) is 0 Å². The fourth-order valence-electron chi connectivity index (χ4n) is 2.06. The minimum absolute atomic E-state index is 0.00474. The third-order valence-corrected chi connectivity index (χ3v) is 3.66. The molecule has 0 saturated heterocycles. The number of rotatable bonds is 3. The molecule has 0 spiro atoms. The van der Waals surface area contributed by atoms with E-state index in [0.717, 1.165) is 22.4 Å². The smallest absolute Gasteiger partial charge is 0.292 e. The fourth-order valence-corrected chi connectivity index (χ4v) is 2.28. The van der Waals surface area contributed by atoms with E-state index in [4.69, 9.17) is 12.2 Å². The third kappa shape index (κ3) is 3.59. The van der Waals surface area contributed by atoms with Gasteiger partial charge in [0.15, 0.2) is 5.11 Å². The van der Waals surface area contributed by atoms with Crippen molar-refractivity contribution >= 4 is 34.4 Å². The molecular formula is C16H17N3O2S. The largest absolute Gasteiger partial charge is 0.332 e. The summed E-state index contributed by atoms with van der Waals surface area (Å²) in [5, 5.41) is 17.4. The summed E-state index contributed by atoms with van der Waals surface area (Å²) < 4.78 is 0. The monoisotopic (exact) mass is 315 g/mol. The van der Waals surface area contributed by atoms with Crippen LogP contribution >= 0.6 is 12.2 Å². The number of hydrogen-bond acceptors (Lipinski definition) is 3. The Bertz CT molecular complexity index is 744. The highest BCUT2D eigenvalue weighted by molar-refractivity contribution is 7.80. The number of anilines is 2. The van der Waals surface area contributed by atoms with Crippen LogP contribution in [0.4, 0.5) is 17.1 Å². The highest BCUT2D eigenvalue weighted by Gasteiger charge is 2.15. The number of nitro benzene ring substituents is 1. The Hall–Kier alpha value is -2.47. The average molecular weight is 315 g/mol. The maximum atomic E-state index is 11.1. The minimum atomic E-state index is -0.421. The van der Waals surface area contributed by atoms with E-state index in [9.17, 15) is 10.1 Å². The molecule has 2 rings (SSSR count). The quantitative estimate of drug-likeness (QED) is 0.501. The number of nitrogens with one attached hydrogen (secondary N) is 2. The summed E-state index contributed by atoms with van der Waals surface area (Å²) in [6.07, 6.45) is 0. The highest BCUT2D eigenvalue weighted by Crippen LogP contribution is 2.26. The molecule has 0 fully saturated rings. The van der Waals surface area contributed by atoms with Crippen molar-refractivity contribution in [3.05, 3.63) is 63.2 Å². The molecule has 0 radical (unpaired) electrons. The number of hydrogen-bond donors (Lipinski definition) is 2. The van der Waals surface area contributed by atoms with Crippen molar-refractivity contribution in [2.24, 2.45) is 0 Å². The van der Waals surface area contributed by atoms with Gasteiger partial charge in [0.2, 0.25) is 0 Å². The van der Waals surface area contributed by atoms with Crippen molar-refractivity contribution in [2.45, 2.75) is 20.8 Å². The lowest BCUT2D eigenvalue weighted by molar-refractivity contribution is -0.383. The lowest BCUT2D eigenvalue weighted by atomic mass is 10.1. The average Bonchev–Trinajstić information content (AvgIpc) is 2.45. The molecule has 2 aromatic rings. The van der Waals surface area contributed by atoms with E-state index in [1.807, 2.05) is 39.0 Å². The predicted molar refractivity (Wildman–Crippen MR) is 93.6 cm³/mol. The second-order valence-corrected chi connectivity index (χ2v) is 5.51. The van der Waals surface area contributed by atoms with Gasteiger partial charge < -0.3 is 10.6 Å². The molecule has 5 nitrogen and oxygen atoms in total. The molecular weight excluding hydrogens is 298 g/mol. The molecule has 0 unspecified atom stereocenters. The van der Waals surface area contributed by atoms with Crippen LogP contribution in [0.2, 0.25) is 0 Å². The molecule has 0 aliphatic rings. The number of aryl methyl sites for hydroxylation is 2. The second kappa shape index (κ2) is 6.53. The lowest BCUT2D eigenvalue weighted by Crippen LogP contribution is -2.20. The second-order valence-electron chi connectivity index (χ2n) is 5.10. The van der Waals surface area contributed by atoms with Crippen LogP contribution in [0.5, 0.6) is 0 Å². The van der Waals surface area contributed by atoms with Crippen molar-refractivity contribution < 1.29 is 4.92 Å². The van der Waals surface area contributed by atoms with Crippen LogP contribution in [0.1, 0.15) is 16.7 Å². The van der Waals surface area contributed by atoms with E-state index < -0.39 is 4.92 Å². The Balaban J connectivity index is 2.19. The summed E-state index contributed by atoms with van der Waals surface area (Å²) in [6, 6.07) is 10.8. The van der Waals surface area contributed by atoms with Crippen LogP contribution < -0.4 is 10.6 Å². The molecule has 2 aromatic carbocycles. The molecule has 0 aliphatic carbocycles. The van der Waals surface area contributed by atoms with Crippen LogP contribution in [0.3, 0.4) is 0 Å². The summed E-state index contributed by atoms with van der Waals surface area (Å²) in [5.74, 6) is 0. The Morgan fingerprint density at radius 1 is 1.09 bits per heavy atom. The van der Waals surface area contributed by atoms with Gasteiger partial charge in [-0.05, 0) is 61.8 Å². The first-order valence-electron chi connectivity index (χ1n) is 6.77. The molecule has 114 valence electrons. The van der Waals surface area contributed by atoms with Gasteiger partial charge in [-0.3, -0.25) is 10.1 Å². The zero-order valence-electron chi connectivity index (χ0n) is 12.6. The van der Waals surface area contributed by atoms with Gasteiger partial charge in [0.05, 0.1) is 4.92 Å². The Labute approximate surface area is 134 Å². The summed E-state index contributed by atoms with van der Waals surface area (Å²) in [6.45, 7) is 5.82. The molecule has 0 bridgehead atoms. The van der Waals surface area contributed by atoms with E-state index in [2.05, 4.69) is 10.6 Å². The van der Waals surface area contributed by atoms with Gasteiger partial charge in [0.25, 0.3) is 5.69 Å². The van der Waals surface area contributed by atoms with Gasteiger partial charge >= 0.3 is 0 Å². The van der Waals surface area contributed by atoms with Crippen molar-refractivity contribution in [1.82, 2.24) is 0 Å². The van der Waals surface area contributed by atoms with Crippen molar-refractivity contribution in [2.75, 3.05) is 10.6 Å². The molecule has 0 atom stereocenters. The van der Waals surface area contributed by atoms with E-state index in [-0.39, 0.29) is 5.69 Å². The van der Waals surface area contributed by atoms with Crippen molar-refractivity contribution in [3.8, 4) is 0 Å². The zero-order valence-corrected chi connectivity index (χ0v) is 13.5. The number of nitrogens with zero attached hydrogens (tertiary/aromatic N) is 1. The predicted octanol–water partition coefficient (Wildman–Crippen LogP) is 4.33. The standard InChI is InChI=1S/C16H17N3O2S/c1-10-7-8-14(15(9-10)19(20)21)18-16(22)17-13-6-4-5-11(2)12(13)3/h4-9H,1-3H3,(H2,17,18,22). The van der Waals surface area contributed by atoms with Crippen LogP contribution in [0.25, 0.3) is 0 Å². The number of benzene rings is 2. The highest BCUT2D eigenvalue weighted by atomic mass is 32.1. The molecule has 0 heterocycles. The van der Waals surface area contributed by atoms with Gasteiger partial charge in [-0.2, -0.15) is 0 Å². The van der Waals surface area contributed by atoms with Gasteiger partial charge in [-0.1, -0.05) is 18.2 Å². The van der Waals surface area contributed by atoms with Gasteiger partial charge in [0.1, 0.15) is 5.69 Å². The van der Waals surface area contributed by atoms with Gasteiger partial charge in [0, 0.05) is 11.8 Å². The van der Waals surface area contributed by atoms with Crippen LogP contribution in [0, 0.1) is 30.9 Å². The molecule has 22 heavy (non-hydrogen) atoms. The summed E-state index contributed by atoms with van der Waals surface area (Å²) in [5.41, 5.74) is 4.32. The van der Waals surface area contributed by atoms with E-state index >= 15 is 0 Å². The Kier molecular flexibility index (Phi) is 4.72. The topological polar surface area (TPSA) is 67.2 Å². The molecule has 0 amide bonds. The summed E-state index contributed by atoms with van der Waals surface area (Å²) in [4.78, 5) is 10.7. The van der Waals surface area contributed by atoms with E-state index in [1.54, 1.807) is 12.1 Å². The maximum Gasteiger partial charge on any atom is 0.292 e. The first kappa shape index (κ1) is 15.9. The van der Waals surface area contributed by atoms with Crippen molar-refractivity contribution in [3.63, 3.8) is 0 Å². The van der Waals surface area contributed by atoms with Gasteiger partial charge in [-0.25, -0.2) is 0 Å². The molecule has 0 aliphatic heterocycles. The summed E-state index contributed by atoms with van der Waals surface area (Å²) in [7, 11) is 0.